The summed E-state index contributed by atoms with van der Waals surface area (Å²) in [6.07, 6.45) is -4.30. The molecule has 0 amide bonds. The van der Waals surface area contributed by atoms with Crippen LogP contribution in [0, 0.1) is 0 Å². The Kier molecular flexibility index (Phi) is 7.00. The standard InChI is InChI=1S/C24H23F3N4O5S/c1-30(2)21-10-11-28-23(29-21)15-6-8-20-19(12-15)31(14-17(36-20)7-9-22(32)33)37(34,35)18-5-3-4-16(13-18)24(25,26)27/h3-6,8,10-13,17H,7,9,14H2,1-2H3,(H,32,33)/t17-/m0/s1. The Bertz CT molecular complexity index is 1430. The van der Waals surface area contributed by atoms with Crippen LogP contribution in [0.4, 0.5) is 24.7 Å². The molecule has 4 rings (SSSR count). The molecule has 0 saturated carbocycles. The largest absolute Gasteiger partial charge is 0.486 e. The van der Waals surface area contributed by atoms with Gasteiger partial charge in [0.2, 0.25) is 0 Å². The van der Waals surface area contributed by atoms with Crippen LogP contribution < -0.4 is 13.9 Å². The lowest BCUT2D eigenvalue weighted by Crippen LogP contribution is -2.43. The van der Waals surface area contributed by atoms with Gasteiger partial charge in [-0.2, -0.15) is 13.2 Å². The molecule has 3 aromatic rings. The van der Waals surface area contributed by atoms with E-state index in [0.29, 0.717) is 23.3 Å². The smallest absolute Gasteiger partial charge is 0.416 e. The number of carboxylic acid groups (broad SMARTS) is 1. The molecule has 1 aliphatic rings. The van der Waals surface area contributed by atoms with E-state index in [9.17, 15) is 26.4 Å². The highest BCUT2D eigenvalue weighted by atomic mass is 32.2. The molecule has 0 aliphatic carbocycles. The molecule has 0 bridgehead atoms. The quantitative estimate of drug-likeness (QED) is 0.481. The van der Waals surface area contributed by atoms with Crippen molar-refractivity contribution in [2.24, 2.45) is 0 Å². The molecule has 13 heteroatoms. The van der Waals surface area contributed by atoms with Gasteiger partial charge in [0.1, 0.15) is 17.7 Å². The Balaban J connectivity index is 1.81. The fourth-order valence-corrected chi connectivity index (χ4v) is 5.36. The first-order chi connectivity index (χ1) is 17.4. The zero-order chi connectivity index (χ0) is 27.0. The molecule has 2 heterocycles. The Hall–Kier alpha value is -3.87. The van der Waals surface area contributed by atoms with Gasteiger partial charge in [0.25, 0.3) is 10.0 Å². The van der Waals surface area contributed by atoms with Gasteiger partial charge in [0.15, 0.2) is 5.82 Å². The number of benzene rings is 2. The SMILES string of the molecule is CN(C)c1ccnc(-c2ccc3c(c2)N(S(=O)(=O)c2cccc(C(F)(F)F)c2)C[C@H](CCC(=O)O)O3)n1. The van der Waals surface area contributed by atoms with Crippen LogP contribution in [-0.4, -0.2) is 56.2 Å². The van der Waals surface area contributed by atoms with Gasteiger partial charge in [0.05, 0.1) is 22.7 Å². The number of ether oxygens (including phenoxy) is 1. The Morgan fingerprint density at radius 1 is 1.19 bits per heavy atom. The van der Waals surface area contributed by atoms with E-state index in [1.165, 1.54) is 12.1 Å². The number of aromatic nitrogens is 2. The third-order valence-electron chi connectivity index (χ3n) is 5.68. The summed E-state index contributed by atoms with van der Waals surface area (Å²) in [6.45, 7) is -0.291. The van der Waals surface area contributed by atoms with Gasteiger partial charge >= 0.3 is 12.1 Å². The molecule has 1 N–H and O–H groups in total. The maximum atomic E-state index is 13.7. The van der Waals surface area contributed by atoms with E-state index in [-0.39, 0.29) is 30.8 Å². The van der Waals surface area contributed by atoms with Crippen LogP contribution in [0.5, 0.6) is 5.75 Å². The van der Waals surface area contributed by atoms with Crippen LogP contribution in [-0.2, 0) is 21.0 Å². The predicted octanol–water partition coefficient (Wildman–Crippen LogP) is 4.05. The molecule has 0 radical (unpaired) electrons. The second-order valence-electron chi connectivity index (χ2n) is 8.55. The normalized spacial score (nSPS) is 15.6. The van der Waals surface area contributed by atoms with Crippen molar-refractivity contribution < 1.29 is 36.2 Å². The number of aliphatic carboxylic acids is 1. The Morgan fingerprint density at radius 3 is 2.62 bits per heavy atom. The average molecular weight is 537 g/mol. The van der Waals surface area contributed by atoms with Gasteiger partial charge in [-0.05, 0) is 48.9 Å². The first kappa shape index (κ1) is 26.2. The highest BCUT2D eigenvalue weighted by Crippen LogP contribution is 2.41. The van der Waals surface area contributed by atoms with Crippen molar-refractivity contribution in [2.45, 2.75) is 30.0 Å². The van der Waals surface area contributed by atoms with Crippen molar-refractivity contribution in [1.29, 1.82) is 0 Å². The summed E-state index contributed by atoms with van der Waals surface area (Å²) in [4.78, 5) is 21.0. The van der Waals surface area contributed by atoms with Crippen molar-refractivity contribution in [3.8, 4) is 17.1 Å². The number of halogens is 3. The molecule has 1 atom stereocenters. The molecule has 1 aliphatic heterocycles. The third kappa shape index (κ3) is 5.61. The van der Waals surface area contributed by atoms with Crippen molar-refractivity contribution >= 4 is 27.5 Å². The fourth-order valence-electron chi connectivity index (χ4n) is 3.81. The molecule has 1 aromatic heterocycles. The number of alkyl halides is 3. The highest BCUT2D eigenvalue weighted by Gasteiger charge is 2.37. The maximum Gasteiger partial charge on any atom is 0.416 e. The summed E-state index contributed by atoms with van der Waals surface area (Å²) in [7, 11) is -0.895. The Labute approximate surface area is 211 Å². The van der Waals surface area contributed by atoms with Gasteiger partial charge in [-0.25, -0.2) is 18.4 Å². The summed E-state index contributed by atoms with van der Waals surface area (Å²) in [5, 5.41) is 9.06. The minimum Gasteiger partial charge on any atom is -0.486 e. The molecule has 196 valence electrons. The van der Waals surface area contributed by atoms with E-state index >= 15 is 0 Å². The minimum atomic E-state index is -4.74. The van der Waals surface area contributed by atoms with Gasteiger partial charge in [-0.15, -0.1) is 0 Å². The number of hydrogen-bond acceptors (Lipinski definition) is 7. The van der Waals surface area contributed by atoms with E-state index in [0.717, 1.165) is 22.5 Å². The number of sulfonamides is 1. The van der Waals surface area contributed by atoms with Crippen LogP contribution >= 0.6 is 0 Å². The molecule has 9 nitrogen and oxygen atoms in total. The van der Waals surface area contributed by atoms with E-state index in [4.69, 9.17) is 9.84 Å². The molecular weight excluding hydrogens is 513 g/mol. The van der Waals surface area contributed by atoms with E-state index in [2.05, 4.69) is 9.97 Å². The Morgan fingerprint density at radius 2 is 1.95 bits per heavy atom. The third-order valence-corrected chi connectivity index (χ3v) is 7.45. The van der Waals surface area contributed by atoms with Crippen molar-refractivity contribution in [2.75, 3.05) is 29.8 Å². The van der Waals surface area contributed by atoms with Crippen LogP contribution in [0.1, 0.15) is 18.4 Å². The number of anilines is 2. The molecule has 0 saturated heterocycles. The van der Waals surface area contributed by atoms with E-state index in [1.54, 1.807) is 37.3 Å². The lowest BCUT2D eigenvalue weighted by Gasteiger charge is -2.35. The lowest BCUT2D eigenvalue weighted by molar-refractivity contribution is -0.138. The summed E-state index contributed by atoms with van der Waals surface area (Å²) < 4.78 is 74.0. The minimum absolute atomic E-state index is 0.000866. The number of hydrogen-bond donors (Lipinski definition) is 1. The van der Waals surface area contributed by atoms with Crippen LogP contribution in [0.25, 0.3) is 11.4 Å². The van der Waals surface area contributed by atoms with Gasteiger partial charge in [-0.1, -0.05) is 6.07 Å². The summed E-state index contributed by atoms with van der Waals surface area (Å²) in [5.74, 6) is -0.0285. The number of nitrogens with zero attached hydrogens (tertiary/aromatic N) is 4. The van der Waals surface area contributed by atoms with Crippen molar-refractivity contribution in [1.82, 2.24) is 9.97 Å². The number of carboxylic acids is 1. The predicted molar refractivity (Wildman–Crippen MR) is 129 cm³/mol. The number of carbonyl (C=O) groups is 1. The van der Waals surface area contributed by atoms with Crippen LogP contribution in [0.3, 0.4) is 0 Å². The van der Waals surface area contributed by atoms with E-state index < -0.39 is 38.7 Å². The molecule has 37 heavy (non-hydrogen) atoms. The summed E-state index contributed by atoms with van der Waals surface area (Å²) >= 11 is 0. The molecule has 0 spiro atoms. The highest BCUT2D eigenvalue weighted by molar-refractivity contribution is 7.92. The topological polar surface area (TPSA) is 113 Å². The summed E-state index contributed by atoms with van der Waals surface area (Å²) in [6, 6.07) is 9.79. The van der Waals surface area contributed by atoms with Gasteiger partial charge < -0.3 is 14.7 Å². The van der Waals surface area contributed by atoms with Crippen molar-refractivity contribution in [3.05, 3.63) is 60.3 Å². The zero-order valence-corrected chi connectivity index (χ0v) is 20.6. The van der Waals surface area contributed by atoms with E-state index in [1.807, 2.05) is 0 Å². The maximum absolute atomic E-state index is 13.7. The first-order valence-electron chi connectivity index (χ1n) is 11.1. The van der Waals surface area contributed by atoms with Gasteiger partial charge in [-0.3, -0.25) is 9.10 Å². The molecular formula is C24H23F3N4O5S. The summed E-state index contributed by atoms with van der Waals surface area (Å²) in [5.41, 5.74) is -0.563. The molecule has 0 fully saturated rings. The lowest BCUT2D eigenvalue weighted by atomic mass is 10.1. The number of fused-ring (bicyclic) bond motifs is 1. The van der Waals surface area contributed by atoms with Crippen LogP contribution in [0.15, 0.2) is 59.6 Å². The van der Waals surface area contributed by atoms with Crippen molar-refractivity contribution in [3.63, 3.8) is 0 Å². The second-order valence-corrected chi connectivity index (χ2v) is 10.4. The molecule has 0 unspecified atom stereocenters. The van der Waals surface area contributed by atoms with Gasteiger partial charge in [0, 0.05) is 32.3 Å². The zero-order valence-electron chi connectivity index (χ0n) is 19.8. The molecule has 2 aromatic carbocycles. The first-order valence-corrected chi connectivity index (χ1v) is 12.5. The fraction of sp³-hybridized carbons (Fsp3) is 0.292. The van der Waals surface area contributed by atoms with Crippen LogP contribution in [0.2, 0.25) is 0 Å². The average Bonchev–Trinajstić information content (AvgIpc) is 2.86. The monoisotopic (exact) mass is 536 g/mol. The number of rotatable bonds is 7. The second kappa shape index (κ2) is 9.88.